The van der Waals surface area contributed by atoms with Crippen LogP contribution >= 0.6 is 0 Å². The zero-order valence-electron chi connectivity index (χ0n) is 10.3. The number of hydrogen-bond acceptors (Lipinski definition) is 4. The number of rotatable bonds is 2. The molecule has 1 fully saturated rings. The molecule has 0 radical (unpaired) electrons. The summed E-state index contributed by atoms with van der Waals surface area (Å²) < 4.78 is 0. The van der Waals surface area contributed by atoms with Gasteiger partial charge in [-0.05, 0) is 17.7 Å². The van der Waals surface area contributed by atoms with Crippen molar-refractivity contribution < 1.29 is 24.3 Å². The maximum absolute atomic E-state index is 12.3. The second-order valence-electron chi connectivity index (χ2n) is 4.74. The Morgan fingerprint density at radius 2 is 2.05 bits per heavy atom. The zero-order chi connectivity index (χ0) is 14.4. The highest BCUT2D eigenvalue weighted by Crippen LogP contribution is 2.27. The lowest BCUT2D eigenvalue weighted by Crippen LogP contribution is -2.40. The number of amides is 3. The Morgan fingerprint density at radius 1 is 1.30 bits per heavy atom. The monoisotopic (exact) mass is 274 g/mol. The lowest BCUT2D eigenvalue weighted by atomic mass is 10.1. The van der Waals surface area contributed by atoms with Gasteiger partial charge < -0.3 is 10.0 Å². The quantitative estimate of drug-likeness (QED) is 0.724. The largest absolute Gasteiger partial charge is 0.478 e. The summed E-state index contributed by atoms with van der Waals surface area (Å²) in [6, 6.07) is 3.47. The average Bonchev–Trinajstić information content (AvgIpc) is 2.89. The van der Waals surface area contributed by atoms with Crippen molar-refractivity contribution in [3.63, 3.8) is 0 Å². The molecule has 2 aliphatic heterocycles. The third-order valence-electron chi connectivity index (χ3n) is 3.51. The van der Waals surface area contributed by atoms with Crippen molar-refractivity contribution in [2.45, 2.75) is 19.0 Å². The number of nitrogens with one attached hydrogen (secondary N) is 1. The molecular formula is C13H10N2O5. The molecule has 20 heavy (non-hydrogen) atoms. The number of carbonyl (C=O) groups excluding carboxylic acids is 3. The number of carbonyl (C=O) groups is 4. The van der Waals surface area contributed by atoms with Crippen LogP contribution < -0.4 is 5.32 Å². The van der Waals surface area contributed by atoms with Gasteiger partial charge in [0.25, 0.3) is 5.91 Å². The fourth-order valence-corrected chi connectivity index (χ4v) is 2.50. The predicted octanol–water partition coefficient (Wildman–Crippen LogP) is -0.244. The number of imide groups is 1. The Labute approximate surface area is 113 Å². The number of hydrogen-bond donors (Lipinski definition) is 2. The second-order valence-corrected chi connectivity index (χ2v) is 4.74. The van der Waals surface area contributed by atoms with Gasteiger partial charge in [0.1, 0.15) is 6.04 Å². The second kappa shape index (κ2) is 4.16. The van der Waals surface area contributed by atoms with Crippen molar-refractivity contribution in [3.05, 3.63) is 34.9 Å². The highest BCUT2D eigenvalue weighted by atomic mass is 16.4. The minimum Gasteiger partial charge on any atom is -0.478 e. The fourth-order valence-electron chi connectivity index (χ4n) is 2.50. The minimum atomic E-state index is -1.12. The molecule has 102 valence electrons. The van der Waals surface area contributed by atoms with E-state index in [2.05, 4.69) is 5.32 Å². The summed E-state index contributed by atoms with van der Waals surface area (Å²) in [5.41, 5.74) is 0.954. The van der Waals surface area contributed by atoms with Gasteiger partial charge >= 0.3 is 5.97 Å². The molecular weight excluding hydrogens is 264 g/mol. The van der Waals surface area contributed by atoms with E-state index in [0.717, 1.165) is 0 Å². The minimum absolute atomic E-state index is 0.0194. The van der Waals surface area contributed by atoms with E-state index >= 15 is 0 Å². The molecule has 1 saturated heterocycles. The van der Waals surface area contributed by atoms with Gasteiger partial charge in [0.15, 0.2) is 0 Å². The average molecular weight is 274 g/mol. The molecule has 0 saturated carbocycles. The lowest BCUT2D eigenvalue weighted by molar-refractivity contribution is -0.126. The van der Waals surface area contributed by atoms with Crippen LogP contribution in [0.25, 0.3) is 0 Å². The molecule has 0 aliphatic carbocycles. The van der Waals surface area contributed by atoms with Crippen molar-refractivity contribution in [1.29, 1.82) is 0 Å². The van der Waals surface area contributed by atoms with Crippen LogP contribution in [0.3, 0.4) is 0 Å². The first-order valence-electron chi connectivity index (χ1n) is 5.98. The van der Waals surface area contributed by atoms with E-state index in [0.29, 0.717) is 5.56 Å². The number of benzene rings is 1. The number of carboxylic acids is 1. The van der Waals surface area contributed by atoms with E-state index in [-0.39, 0.29) is 24.1 Å². The zero-order valence-corrected chi connectivity index (χ0v) is 10.3. The van der Waals surface area contributed by atoms with Gasteiger partial charge in [-0.3, -0.25) is 19.7 Å². The number of carboxylic acid groups (broad SMARTS) is 1. The third-order valence-corrected chi connectivity index (χ3v) is 3.51. The van der Waals surface area contributed by atoms with E-state index in [4.69, 9.17) is 5.11 Å². The first kappa shape index (κ1) is 12.3. The van der Waals surface area contributed by atoms with E-state index in [1.54, 1.807) is 6.07 Å². The first-order chi connectivity index (χ1) is 9.47. The number of nitrogens with zero attached hydrogens (tertiary/aromatic N) is 1. The van der Waals surface area contributed by atoms with Crippen molar-refractivity contribution in [2.75, 3.05) is 0 Å². The maximum atomic E-state index is 12.3. The predicted molar refractivity (Wildman–Crippen MR) is 64.8 cm³/mol. The Kier molecular flexibility index (Phi) is 2.56. The highest BCUT2D eigenvalue weighted by molar-refractivity contribution is 6.09. The van der Waals surface area contributed by atoms with Crippen LogP contribution in [0.15, 0.2) is 18.2 Å². The molecule has 2 N–H and O–H groups in total. The first-order valence-corrected chi connectivity index (χ1v) is 5.98. The topological polar surface area (TPSA) is 104 Å². The van der Waals surface area contributed by atoms with Crippen molar-refractivity contribution >= 4 is 23.7 Å². The molecule has 7 nitrogen and oxygen atoms in total. The Bertz CT molecular complexity index is 667. The van der Waals surface area contributed by atoms with Crippen LogP contribution in [0, 0.1) is 0 Å². The molecule has 1 unspecified atom stereocenters. The molecule has 2 aliphatic rings. The van der Waals surface area contributed by atoms with Crippen LogP contribution in [0.5, 0.6) is 0 Å². The van der Waals surface area contributed by atoms with Crippen LogP contribution in [0.1, 0.15) is 32.7 Å². The van der Waals surface area contributed by atoms with Gasteiger partial charge in [0, 0.05) is 12.1 Å². The Hall–Kier alpha value is -2.70. The molecule has 3 amide bonds. The summed E-state index contributed by atoms with van der Waals surface area (Å²) in [4.78, 5) is 47.3. The van der Waals surface area contributed by atoms with Crippen molar-refractivity contribution in [2.24, 2.45) is 0 Å². The van der Waals surface area contributed by atoms with Crippen LogP contribution in [-0.2, 0) is 16.1 Å². The van der Waals surface area contributed by atoms with E-state index < -0.39 is 29.7 Å². The summed E-state index contributed by atoms with van der Waals surface area (Å²) in [5, 5.41) is 11.1. The van der Waals surface area contributed by atoms with Gasteiger partial charge in [-0.15, -0.1) is 0 Å². The van der Waals surface area contributed by atoms with Crippen LogP contribution in [0.2, 0.25) is 0 Å². The molecule has 0 bridgehead atoms. The van der Waals surface area contributed by atoms with Gasteiger partial charge in [-0.1, -0.05) is 6.07 Å². The molecule has 0 aromatic heterocycles. The molecule has 3 rings (SSSR count). The van der Waals surface area contributed by atoms with E-state index in [1.807, 2.05) is 0 Å². The molecule has 1 atom stereocenters. The van der Waals surface area contributed by atoms with Gasteiger partial charge in [0.2, 0.25) is 11.8 Å². The molecule has 1 aromatic carbocycles. The molecule has 2 heterocycles. The normalized spacial score (nSPS) is 21.1. The van der Waals surface area contributed by atoms with Crippen LogP contribution in [0.4, 0.5) is 0 Å². The number of aromatic carboxylic acids is 1. The van der Waals surface area contributed by atoms with Gasteiger partial charge in [-0.2, -0.15) is 0 Å². The molecule has 0 spiro atoms. The Balaban J connectivity index is 1.93. The highest BCUT2D eigenvalue weighted by Gasteiger charge is 2.41. The molecule has 1 aromatic rings. The van der Waals surface area contributed by atoms with Crippen LogP contribution in [-0.4, -0.2) is 39.7 Å². The summed E-state index contributed by atoms with van der Waals surface area (Å²) in [5.74, 6) is -2.43. The van der Waals surface area contributed by atoms with Gasteiger partial charge in [-0.25, -0.2) is 4.79 Å². The lowest BCUT2D eigenvalue weighted by Gasteiger charge is -2.20. The van der Waals surface area contributed by atoms with Crippen molar-refractivity contribution in [1.82, 2.24) is 10.2 Å². The van der Waals surface area contributed by atoms with E-state index in [9.17, 15) is 19.2 Å². The maximum Gasteiger partial charge on any atom is 0.335 e. The Morgan fingerprint density at radius 3 is 2.65 bits per heavy atom. The number of fused-ring (bicyclic) bond motifs is 1. The summed E-state index contributed by atoms with van der Waals surface area (Å²) >= 11 is 0. The molecule has 7 heteroatoms. The standard InChI is InChI=1S/C13H10N2O5/c16-10-4-9(11(17)14-10)15-5-7-2-1-6(13(19)20)3-8(7)12(15)18/h1-3,9H,4-5H2,(H,19,20)(H,14,16,17). The van der Waals surface area contributed by atoms with Gasteiger partial charge in [0.05, 0.1) is 12.0 Å². The third kappa shape index (κ3) is 1.75. The summed E-state index contributed by atoms with van der Waals surface area (Å²) in [6.45, 7) is 0.208. The van der Waals surface area contributed by atoms with E-state index in [1.165, 1.54) is 17.0 Å². The van der Waals surface area contributed by atoms with Crippen molar-refractivity contribution in [3.8, 4) is 0 Å². The summed E-state index contributed by atoms with van der Waals surface area (Å²) in [7, 11) is 0. The summed E-state index contributed by atoms with van der Waals surface area (Å²) in [6.07, 6.45) is -0.0512. The SMILES string of the molecule is O=C1CC(N2Cc3ccc(C(=O)O)cc3C2=O)C(=O)N1. The smallest absolute Gasteiger partial charge is 0.335 e. The fraction of sp³-hybridized carbons (Fsp3) is 0.231.